The van der Waals surface area contributed by atoms with Gasteiger partial charge in [-0.3, -0.25) is 9.69 Å². The molecule has 0 spiro atoms. The number of piperazine rings is 1. The summed E-state index contributed by atoms with van der Waals surface area (Å²) >= 11 is 0. The average molecular weight is 228 g/mol. The molecule has 1 aliphatic rings. The molecule has 0 aliphatic carbocycles. The molecule has 0 radical (unpaired) electrons. The number of likely N-dealkylation sites (N-methyl/N-ethyl adjacent to an activating group) is 1. The summed E-state index contributed by atoms with van der Waals surface area (Å²) in [5, 5.41) is 8.67. The molecule has 1 heterocycles. The van der Waals surface area contributed by atoms with E-state index in [1.807, 2.05) is 4.90 Å². The van der Waals surface area contributed by atoms with Gasteiger partial charge in [0.1, 0.15) is 0 Å². The number of aliphatic hydroxyl groups is 1. The van der Waals surface area contributed by atoms with E-state index in [1.54, 1.807) is 0 Å². The molecule has 1 unspecified atom stereocenters. The van der Waals surface area contributed by atoms with Gasteiger partial charge in [0.05, 0.1) is 0 Å². The minimum Gasteiger partial charge on any atom is -0.396 e. The fourth-order valence-corrected chi connectivity index (χ4v) is 2.24. The van der Waals surface area contributed by atoms with Crippen LogP contribution in [0.4, 0.5) is 0 Å². The van der Waals surface area contributed by atoms with E-state index >= 15 is 0 Å². The third-order valence-electron chi connectivity index (χ3n) is 3.32. The summed E-state index contributed by atoms with van der Waals surface area (Å²) in [6, 6.07) is 0.473. The zero-order chi connectivity index (χ0) is 12.0. The Morgan fingerprint density at radius 2 is 2.12 bits per heavy atom. The number of hydrogen-bond donors (Lipinski definition) is 1. The molecule has 16 heavy (non-hydrogen) atoms. The highest BCUT2D eigenvalue weighted by Crippen LogP contribution is 2.11. The van der Waals surface area contributed by atoms with Crippen LogP contribution in [0.1, 0.15) is 33.1 Å². The first kappa shape index (κ1) is 13.5. The molecule has 1 fully saturated rings. The molecule has 4 nitrogen and oxygen atoms in total. The highest BCUT2D eigenvalue weighted by atomic mass is 16.3. The number of carbonyl (C=O) groups is 1. The molecule has 1 amide bonds. The Labute approximate surface area is 98.2 Å². The molecule has 0 aromatic rings. The van der Waals surface area contributed by atoms with Gasteiger partial charge in [-0.1, -0.05) is 6.92 Å². The summed E-state index contributed by atoms with van der Waals surface area (Å²) in [7, 11) is 0. The van der Waals surface area contributed by atoms with Crippen molar-refractivity contribution in [3.05, 3.63) is 0 Å². The van der Waals surface area contributed by atoms with Gasteiger partial charge in [0.15, 0.2) is 0 Å². The molecule has 94 valence electrons. The van der Waals surface area contributed by atoms with Crippen molar-refractivity contribution in [2.24, 2.45) is 0 Å². The average Bonchev–Trinajstić information content (AvgIpc) is 2.29. The molecule has 0 saturated carbocycles. The van der Waals surface area contributed by atoms with Gasteiger partial charge < -0.3 is 10.0 Å². The van der Waals surface area contributed by atoms with Crippen LogP contribution in [-0.2, 0) is 4.79 Å². The summed E-state index contributed by atoms with van der Waals surface area (Å²) in [6.07, 6.45) is 2.12. The van der Waals surface area contributed by atoms with Crippen LogP contribution in [-0.4, -0.2) is 59.6 Å². The quantitative estimate of drug-likeness (QED) is 0.705. The zero-order valence-electron chi connectivity index (χ0n) is 10.5. The molecule has 0 aromatic carbocycles. The molecule has 0 bridgehead atoms. The molecule has 0 aromatic heterocycles. The highest BCUT2D eigenvalue weighted by Gasteiger charge is 2.24. The van der Waals surface area contributed by atoms with Crippen LogP contribution in [0.15, 0.2) is 0 Å². The summed E-state index contributed by atoms with van der Waals surface area (Å²) in [5.74, 6) is 0.246. The fraction of sp³-hybridized carbons (Fsp3) is 0.917. The van der Waals surface area contributed by atoms with Gasteiger partial charge in [-0.2, -0.15) is 0 Å². The van der Waals surface area contributed by atoms with Crippen LogP contribution in [0.25, 0.3) is 0 Å². The number of carbonyl (C=O) groups excluding carboxylic acids is 1. The van der Waals surface area contributed by atoms with Crippen LogP contribution in [0, 0.1) is 0 Å². The zero-order valence-corrected chi connectivity index (χ0v) is 10.5. The van der Waals surface area contributed by atoms with Gasteiger partial charge in [-0.15, -0.1) is 0 Å². The van der Waals surface area contributed by atoms with Crippen LogP contribution in [0.5, 0.6) is 0 Å². The van der Waals surface area contributed by atoms with Crippen LogP contribution < -0.4 is 0 Å². The summed E-state index contributed by atoms with van der Waals surface area (Å²) in [5.41, 5.74) is 0. The lowest BCUT2D eigenvalue weighted by Gasteiger charge is -2.39. The van der Waals surface area contributed by atoms with Crippen LogP contribution in [0.3, 0.4) is 0 Å². The molecular formula is C12H24N2O2. The van der Waals surface area contributed by atoms with Gasteiger partial charge >= 0.3 is 0 Å². The Balaban J connectivity index is 2.30. The lowest BCUT2D eigenvalue weighted by Crippen LogP contribution is -2.53. The van der Waals surface area contributed by atoms with Crippen LogP contribution >= 0.6 is 0 Å². The second kappa shape index (κ2) is 6.86. The van der Waals surface area contributed by atoms with E-state index in [-0.39, 0.29) is 12.5 Å². The minimum absolute atomic E-state index is 0.188. The second-order valence-electron chi connectivity index (χ2n) is 4.50. The Bertz CT molecular complexity index is 221. The smallest absolute Gasteiger partial charge is 0.222 e. The summed E-state index contributed by atoms with van der Waals surface area (Å²) in [6.45, 7) is 8.29. The molecule has 1 N–H and O–H groups in total. The van der Waals surface area contributed by atoms with Crippen molar-refractivity contribution in [2.75, 3.05) is 32.8 Å². The highest BCUT2D eigenvalue weighted by molar-refractivity contribution is 5.76. The second-order valence-corrected chi connectivity index (χ2v) is 4.50. The number of unbranched alkanes of at least 4 members (excludes halogenated alkanes) is 1. The van der Waals surface area contributed by atoms with Crippen molar-refractivity contribution >= 4 is 5.91 Å². The summed E-state index contributed by atoms with van der Waals surface area (Å²) < 4.78 is 0. The third-order valence-corrected chi connectivity index (χ3v) is 3.32. The van der Waals surface area contributed by atoms with Crippen molar-refractivity contribution in [1.82, 2.24) is 9.80 Å². The van der Waals surface area contributed by atoms with Gasteiger partial charge in [0.2, 0.25) is 5.91 Å². The maximum atomic E-state index is 11.8. The number of nitrogens with zero attached hydrogens (tertiary/aromatic N) is 2. The van der Waals surface area contributed by atoms with E-state index < -0.39 is 0 Å². The Morgan fingerprint density at radius 3 is 2.69 bits per heavy atom. The normalized spacial score (nSPS) is 22.4. The minimum atomic E-state index is 0.188. The van der Waals surface area contributed by atoms with Gasteiger partial charge in [-0.25, -0.2) is 0 Å². The number of aliphatic hydroxyl groups excluding tert-OH is 1. The van der Waals surface area contributed by atoms with E-state index in [0.29, 0.717) is 12.5 Å². The Hall–Kier alpha value is -0.610. The van der Waals surface area contributed by atoms with Crippen molar-refractivity contribution < 1.29 is 9.90 Å². The number of hydrogen-bond acceptors (Lipinski definition) is 3. The lowest BCUT2D eigenvalue weighted by atomic mass is 10.1. The first-order valence-electron chi connectivity index (χ1n) is 6.31. The van der Waals surface area contributed by atoms with Crippen LogP contribution in [0.2, 0.25) is 0 Å². The van der Waals surface area contributed by atoms with Gasteiger partial charge in [-0.05, 0) is 26.3 Å². The monoisotopic (exact) mass is 228 g/mol. The first-order valence-corrected chi connectivity index (χ1v) is 6.31. The third kappa shape index (κ3) is 3.76. The maximum Gasteiger partial charge on any atom is 0.222 e. The SMILES string of the molecule is CCN1CCN(C(=O)CCCCO)CC1C. The standard InChI is InChI=1S/C12H24N2O2/c1-3-13-7-8-14(10-11(13)2)12(16)6-4-5-9-15/h11,15H,3-10H2,1-2H3. The van der Waals surface area contributed by atoms with E-state index in [0.717, 1.165) is 39.0 Å². The van der Waals surface area contributed by atoms with E-state index in [9.17, 15) is 4.79 Å². The molecular weight excluding hydrogens is 204 g/mol. The Kier molecular flexibility index (Phi) is 5.77. The first-order chi connectivity index (χ1) is 7.69. The molecule has 1 atom stereocenters. The van der Waals surface area contributed by atoms with Gasteiger partial charge in [0, 0.05) is 38.7 Å². The van der Waals surface area contributed by atoms with E-state index in [4.69, 9.17) is 5.11 Å². The van der Waals surface area contributed by atoms with E-state index in [2.05, 4.69) is 18.7 Å². The largest absolute Gasteiger partial charge is 0.396 e. The predicted octanol–water partition coefficient (Wildman–Crippen LogP) is 0.702. The van der Waals surface area contributed by atoms with Crippen molar-refractivity contribution in [2.45, 2.75) is 39.2 Å². The maximum absolute atomic E-state index is 11.8. The molecule has 4 heteroatoms. The topological polar surface area (TPSA) is 43.8 Å². The summed E-state index contributed by atoms with van der Waals surface area (Å²) in [4.78, 5) is 16.2. The molecule has 1 saturated heterocycles. The Morgan fingerprint density at radius 1 is 1.38 bits per heavy atom. The molecule has 1 rings (SSSR count). The van der Waals surface area contributed by atoms with E-state index in [1.165, 1.54) is 0 Å². The van der Waals surface area contributed by atoms with Crippen molar-refractivity contribution in [3.63, 3.8) is 0 Å². The lowest BCUT2D eigenvalue weighted by molar-refractivity contribution is -0.134. The van der Waals surface area contributed by atoms with Crippen molar-refractivity contribution in [1.29, 1.82) is 0 Å². The number of amides is 1. The van der Waals surface area contributed by atoms with Gasteiger partial charge in [0.25, 0.3) is 0 Å². The number of rotatable bonds is 5. The predicted molar refractivity (Wildman–Crippen MR) is 64.2 cm³/mol. The van der Waals surface area contributed by atoms with Crippen molar-refractivity contribution in [3.8, 4) is 0 Å². The molecule has 1 aliphatic heterocycles. The fourth-order valence-electron chi connectivity index (χ4n) is 2.24.